The van der Waals surface area contributed by atoms with E-state index in [2.05, 4.69) is 10.1 Å². The lowest BCUT2D eigenvalue weighted by atomic mass is 10.0. The molecule has 1 saturated carbocycles. The van der Waals surface area contributed by atoms with E-state index in [1.165, 1.54) is 7.11 Å². The van der Waals surface area contributed by atoms with Crippen LogP contribution in [0.5, 0.6) is 0 Å². The van der Waals surface area contributed by atoms with Crippen LogP contribution in [-0.4, -0.2) is 36.1 Å². The van der Waals surface area contributed by atoms with Crippen LogP contribution in [0.2, 0.25) is 0 Å². The van der Waals surface area contributed by atoms with Crippen LogP contribution >= 0.6 is 0 Å². The second kappa shape index (κ2) is 7.26. The van der Waals surface area contributed by atoms with Crippen molar-refractivity contribution in [2.24, 2.45) is 17.8 Å². The number of carbonyl (C=O) groups is 3. The van der Waals surface area contributed by atoms with Gasteiger partial charge in [-0.2, -0.15) is 0 Å². The number of carboxylic acids is 1. The predicted molar refractivity (Wildman–Crippen MR) is 71.9 cm³/mol. The van der Waals surface area contributed by atoms with E-state index in [1.54, 1.807) is 0 Å². The van der Waals surface area contributed by atoms with Gasteiger partial charge in [0.25, 0.3) is 0 Å². The van der Waals surface area contributed by atoms with Gasteiger partial charge in [0, 0.05) is 5.92 Å². The molecule has 1 amide bonds. The average molecular weight is 285 g/mol. The number of carbonyl (C=O) groups excluding carboxylic acids is 2. The Morgan fingerprint density at radius 3 is 2.30 bits per heavy atom. The monoisotopic (exact) mass is 285 g/mol. The van der Waals surface area contributed by atoms with Crippen LogP contribution in [0.1, 0.15) is 39.5 Å². The second-order valence-corrected chi connectivity index (χ2v) is 5.76. The summed E-state index contributed by atoms with van der Waals surface area (Å²) in [7, 11) is 1.29. The zero-order valence-corrected chi connectivity index (χ0v) is 12.2. The van der Waals surface area contributed by atoms with E-state index in [9.17, 15) is 14.4 Å². The first-order chi connectivity index (χ1) is 9.35. The van der Waals surface area contributed by atoms with Gasteiger partial charge in [-0.25, -0.2) is 4.79 Å². The highest BCUT2D eigenvalue weighted by Gasteiger charge is 2.35. The second-order valence-electron chi connectivity index (χ2n) is 5.76. The molecular weight excluding hydrogens is 262 g/mol. The molecule has 0 spiro atoms. The molecule has 114 valence electrons. The summed E-state index contributed by atoms with van der Waals surface area (Å²) in [6, 6.07) is -0.656. The average Bonchev–Trinajstić information content (AvgIpc) is 2.86. The van der Waals surface area contributed by atoms with Crippen LogP contribution < -0.4 is 5.32 Å². The van der Waals surface area contributed by atoms with Crippen molar-refractivity contribution < 1.29 is 24.2 Å². The molecule has 3 atom stereocenters. The lowest BCUT2D eigenvalue weighted by Gasteiger charge is -2.20. The molecule has 0 bridgehead atoms. The van der Waals surface area contributed by atoms with Crippen LogP contribution in [0.15, 0.2) is 0 Å². The Morgan fingerprint density at radius 1 is 1.25 bits per heavy atom. The van der Waals surface area contributed by atoms with Crippen molar-refractivity contribution >= 4 is 17.8 Å². The summed E-state index contributed by atoms with van der Waals surface area (Å²) >= 11 is 0. The zero-order valence-electron chi connectivity index (χ0n) is 12.2. The molecule has 0 aromatic rings. The number of carboxylic acid groups (broad SMARTS) is 1. The Bertz CT molecular complexity index is 380. The van der Waals surface area contributed by atoms with Gasteiger partial charge < -0.3 is 15.2 Å². The number of aliphatic carboxylic acids is 1. The molecule has 20 heavy (non-hydrogen) atoms. The van der Waals surface area contributed by atoms with Gasteiger partial charge in [-0.05, 0) is 31.6 Å². The normalized spacial score (nSPS) is 23.4. The Labute approximate surface area is 118 Å². The van der Waals surface area contributed by atoms with E-state index in [0.29, 0.717) is 25.7 Å². The SMILES string of the molecule is COC(=O)C(CC(C)C)NC(=O)C1CCC(C(=O)O)C1. The first-order valence-corrected chi connectivity index (χ1v) is 6.96. The number of hydrogen-bond donors (Lipinski definition) is 2. The highest BCUT2D eigenvalue weighted by Crippen LogP contribution is 2.31. The molecule has 0 saturated heterocycles. The van der Waals surface area contributed by atoms with Gasteiger partial charge in [0.1, 0.15) is 6.04 Å². The van der Waals surface area contributed by atoms with Crippen LogP contribution in [0.3, 0.4) is 0 Å². The van der Waals surface area contributed by atoms with Crippen molar-refractivity contribution in [3.05, 3.63) is 0 Å². The van der Waals surface area contributed by atoms with Gasteiger partial charge in [-0.15, -0.1) is 0 Å². The fraction of sp³-hybridized carbons (Fsp3) is 0.786. The molecule has 6 nitrogen and oxygen atoms in total. The Balaban J connectivity index is 2.58. The summed E-state index contributed by atoms with van der Waals surface area (Å²) < 4.78 is 4.69. The summed E-state index contributed by atoms with van der Waals surface area (Å²) in [5, 5.41) is 11.6. The van der Waals surface area contributed by atoms with Crippen molar-refractivity contribution in [2.45, 2.75) is 45.6 Å². The molecular formula is C14H23NO5. The standard InChI is InChI=1S/C14H23NO5/c1-8(2)6-11(14(19)20-3)15-12(16)9-4-5-10(7-9)13(17)18/h8-11H,4-7H2,1-3H3,(H,15,16)(H,17,18). The lowest BCUT2D eigenvalue weighted by Crippen LogP contribution is -2.44. The van der Waals surface area contributed by atoms with Crippen LogP contribution in [0, 0.1) is 17.8 Å². The summed E-state index contributed by atoms with van der Waals surface area (Å²) in [6.07, 6.45) is 1.92. The van der Waals surface area contributed by atoms with Crippen molar-refractivity contribution in [1.29, 1.82) is 0 Å². The third kappa shape index (κ3) is 4.51. The Hall–Kier alpha value is -1.59. The van der Waals surface area contributed by atoms with Crippen molar-refractivity contribution in [2.75, 3.05) is 7.11 Å². The van der Waals surface area contributed by atoms with Gasteiger partial charge in [0.05, 0.1) is 13.0 Å². The van der Waals surface area contributed by atoms with Crippen LogP contribution in [0.4, 0.5) is 0 Å². The molecule has 0 aliphatic heterocycles. The van der Waals surface area contributed by atoms with E-state index in [1.807, 2.05) is 13.8 Å². The van der Waals surface area contributed by atoms with E-state index >= 15 is 0 Å². The molecule has 0 aromatic heterocycles. The quantitative estimate of drug-likeness (QED) is 0.715. The van der Waals surface area contributed by atoms with Gasteiger partial charge in [-0.1, -0.05) is 13.8 Å². The van der Waals surface area contributed by atoms with Gasteiger partial charge in [0.2, 0.25) is 5.91 Å². The number of hydrogen-bond acceptors (Lipinski definition) is 4. The number of rotatable bonds is 6. The third-order valence-electron chi connectivity index (χ3n) is 3.66. The number of amides is 1. The van der Waals surface area contributed by atoms with Crippen molar-refractivity contribution in [3.8, 4) is 0 Å². The van der Waals surface area contributed by atoms with E-state index in [4.69, 9.17) is 5.11 Å². The summed E-state index contributed by atoms with van der Waals surface area (Å²) in [4.78, 5) is 34.6. The minimum Gasteiger partial charge on any atom is -0.481 e. The Morgan fingerprint density at radius 2 is 1.85 bits per heavy atom. The number of nitrogens with one attached hydrogen (secondary N) is 1. The Kier molecular flexibility index (Phi) is 5.98. The maximum atomic E-state index is 12.1. The van der Waals surface area contributed by atoms with E-state index < -0.39 is 23.9 Å². The molecule has 1 fully saturated rings. The third-order valence-corrected chi connectivity index (χ3v) is 3.66. The minimum atomic E-state index is -0.855. The molecule has 1 aliphatic carbocycles. The molecule has 1 rings (SSSR count). The van der Waals surface area contributed by atoms with E-state index in [0.717, 1.165) is 0 Å². The number of esters is 1. The largest absolute Gasteiger partial charge is 0.481 e. The summed E-state index contributed by atoms with van der Waals surface area (Å²) in [6.45, 7) is 3.91. The van der Waals surface area contributed by atoms with Crippen molar-refractivity contribution in [1.82, 2.24) is 5.32 Å². The van der Waals surface area contributed by atoms with Gasteiger partial charge in [0.15, 0.2) is 0 Å². The van der Waals surface area contributed by atoms with Crippen LogP contribution in [0.25, 0.3) is 0 Å². The first-order valence-electron chi connectivity index (χ1n) is 6.96. The summed E-state index contributed by atoms with van der Waals surface area (Å²) in [5.74, 6) is -2.09. The first kappa shape index (κ1) is 16.5. The van der Waals surface area contributed by atoms with Gasteiger partial charge in [-0.3, -0.25) is 9.59 Å². The molecule has 0 heterocycles. The van der Waals surface area contributed by atoms with Crippen molar-refractivity contribution in [3.63, 3.8) is 0 Å². The van der Waals surface area contributed by atoms with Crippen LogP contribution in [-0.2, 0) is 19.1 Å². The molecule has 0 aromatic carbocycles. The molecule has 2 N–H and O–H groups in total. The topological polar surface area (TPSA) is 92.7 Å². The number of methoxy groups -OCH3 is 1. The fourth-order valence-corrected chi connectivity index (χ4v) is 2.56. The fourth-order valence-electron chi connectivity index (χ4n) is 2.56. The molecule has 0 radical (unpaired) electrons. The highest BCUT2D eigenvalue weighted by molar-refractivity contribution is 5.86. The zero-order chi connectivity index (χ0) is 15.3. The summed E-state index contributed by atoms with van der Waals surface area (Å²) in [5.41, 5.74) is 0. The minimum absolute atomic E-state index is 0.245. The highest BCUT2D eigenvalue weighted by atomic mass is 16.5. The molecule has 1 aliphatic rings. The predicted octanol–water partition coefficient (Wildman–Crippen LogP) is 1.19. The smallest absolute Gasteiger partial charge is 0.328 e. The van der Waals surface area contributed by atoms with Gasteiger partial charge >= 0.3 is 11.9 Å². The van der Waals surface area contributed by atoms with E-state index in [-0.39, 0.29) is 17.7 Å². The maximum Gasteiger partial charge on any atom is 0.328 e. The molecule has 6 heteroatoms. The maximum absolute atomic E-state index is 12.1. The molecule has 3 unspecified atom stereocenters. The number of ether oxygens (including phenoxy) is 1. The lowest BCUT2D eigenvalue weighted by molar-refractivity contribution is -0.146.